The van der Waals surface area contributed by atoms with Crippen LogP contribution in [0.3, 0.4) is 0 Å². The number of rotatable bonds is 12. The number of thiazole rings is 2. The smallest absolute Gasteiger partial charge is 0.325 e. The van der Waals surface area contributed by atoms with E-state index in [9.17, 15) is 18.0 Å². The van der Waals surface area contributed by atoms with E-state index in [1.54, 1.807) is 36.3 Å². The molecule has 0 saturated carbocycles. The summed E-state index contributed by atoms with van der Waals surface area (Å²) >= 11 is 4.26. The predicted molar refractivity (Wildman–Crippen MR) is 253 cm³/mol. The lowest BCUT2D eigenvalue weighted by Gasteiger charge is -2.30. The fourth-order valence-electron chi connectivity index (χ4n) is 7.02. The number of benzene rings is 2. The van der Waals surface area contributed by atoms with Crippen molar-refractivity contribution < 1.29 is 18.0 Å². The number of carbonyl (C=O) groups excluding carboxylic acids is 2. The van der Waals surface area contributed by atoms with Gasteiger partial charge in [0.1, 0.15) is 0 Å². The number of amides is 4. The average Bonchev–Trinajstić information content (AvgIpc) is 3.93. The number of nitrogens with one attached hydrogen (secondary N) is 4. The van der Waals surface area contributed by atoms with Crippen LogP contribution in [0.5, 0.6) is 0 Å². The lowest BCUT2D eigenvalue weighted by molar-refractivity contribution is 0.261. The summed E-state index contributed by atoms with van der Waals surface area (Å²) in [7, 11) is -3.57. The van der Waals surface area contributed by atoms with Crippen molar-refractivity contribution in [3.8, 4) is 0 Å². The van der Waals surface area contributed by atoms with Crippen LogP contribution in [-0.2, 0) is 21.3 Å². The van der Waals surface area contributed by atoms with Gasteiger partial charge >= 0.3 is 12.1 Å². The molecule has 6 heterocycles. The number of hydrogen-bond acceptors (Lipinski definition) is 13. The summed E-state index contributed by atoms with van der Waals surface area (Å²) in [6, 6.07) is 22.1. The molecule has 0 spiro atoms. The molecular formula is C44H50N10O4S4. The number of hydrogen-bond donors (Lipinski definition) is 4. The molecule has 2 saturated heterocycles. The van der Waals surface area contributed by atoms with Gasteiger partial charge in [0.15, 0.2) is 15.3 Å². The Morgan fingerprint density at radius 1 is 0.629 bits per heavy atom. The maximum absolute atomic E-state index is 12.6. The molecule has 324 valence electrons. The Hall–Kier alpha value is -5.56. The number of sulfone groups is 1. The molecule has 62 heavy (non-hydrogen) atoms. The molecule has 2 aliphatic rings. The number of pyridine rings is 2. The Balaban J connectivity index is 0.000000187. The molecule has 0 unspecified atom stereocenters. The first-order valence-corrected chi connectivity index (χ1v) is 24.8. The number of aromatic nitrogens is 4. The number of piperidine rings is 2. The summed E-state index contributed by atoms with van der Waals surface area (Å²) in [5.74, 6) is 0.553. The maximum atomic E-state index is 12.6. The van der Waals surface area contributed by atoms with Crippen molar-refractivity contribution in [3.05, 3.63) is 118 Å². The van der Waals surface area contributed by atoms with Crippen LogP contribution in [0.15, 0.2) is 108 Å². The second-order valence-electron chi connectivity index (χ2n) is 14.9. The molecular weight excluding hydrogens is 861 g/mol. The van der Waals surface area contributed by atoms with Gasteiger partial charge in [-0.1, -0.05) is 24.3 Å². The second-order valence-corrected chi connectivity index (χ2v) is 20.1. The van der Waals surface area contributed by atoms with Gasteiger partial charge in [-0.05, 0) is 112 Å². The number of nitrogens with zero attached hydrogens (tertiary/aromatic N) is 6. The van der Waals surface area contributed by atoms with Crippen LogP contribution >= 0.6 is 34.4 Å². The van der Waals surface area contributed by atoms with Gasteiger partial charge in [0.2, 0.25) is 9.84 Å². The van der Waals surface area contributed by atoms with E-state index in [0.717, 1.165) is 94.3 Å². The molecule has 8 rings (SSSR count). The largest absolute Gasteiger partial charge is 0.370 e. The zero-order valence-electron chi connectivity index (χ0n) is 34.7. The normalized spacial score (nSPS) is 14.0. The number of carbonyl (C=O) groups is 2. The molecule has 18 heteroatoms. The highest BCUT2D eigenvalue weighted by atomic mass is 32.2. The van der Waals surface area contributed by atoms with Gasteiger partial charge in [-0.2, -0.15) is 0 Å². The van der Waals surface area contributed by atoms with Crippen LogP contribution < -0.4 is 31.1 Å². The van der Waals surface area contributed by atoms with Crippen LogP contribution in [0.2, 0.25) is 0 Å². The summed E-state index contributed by atoms with van der Waals surface area (Å²) in [6.07, 6.45) is 13.7. The van der Waals surface area contributed by atoms with Crippen LogP contribution in [0, 0.1) is 13.8 Å². The number of thioether (sulfide) groups is 1. The average molecular weight is 911 g/mol. The lowest BCUT2D eigenvalue weighted by atomic mass is 10.1. The van der Waals surface area contributed by atoms with Crippen molar-refractivity contribution >= 4 is 89.3 Å². The first kappa shape index (κ1) is 44.5. The highest BCUT2D eigenvalue weighted by Crippen LogP contribution is 2.32. The SMILES string of the molecule is Cc1ccc(NC(=O)Nc2ncc(CS(=O)(=O)c3ccccn3)s2)c(N2CCCCC2)c1.Cc1ccc(NC(=O)Nc2ncc(CSc3ccccn3)s2)c(N2CCCCC2)c1. The van der Waals surface area contributed by atoms with E-state index in [2.05, 4.69) is 70.1 Å². The van der Waals surface area contributed by atoms with Gasteiger partial charge < -0.3 is 20.4 Å². The van der Waals surface area contributed by atoms with Gasteiger partial charge in [0.25, 0.3) is 0 Å². The molecule has 2 aromatic carbocycles. The van der Waals surface area contributed by atoms with Crippen molar-refractivity contribution in [3.63, 3.8) is 0 Å². The molecule has 0 atom stereocenters. The Labute approximate surface area is 375 Å². The van der Waals surface area contributed by atoms with Crippen LogP contribution in [0.1, 0.15) is 59.4 Å². The van der Waals surface area contributed by atoms with Gasteiger partial charge in [-0.25, -0.2) is 37.9 Å². The minimum absolute atomic E-state index is 0.0188. The van der Waals surface area contributed by atoms with E-state index in [1.165, 1.54) is 61.0 Å². The number of urea groups is 2. The molecule has 4 aromatic heterocycles. The molecule has 4 N–H and O–H groups in total. The van der Waals surface area contributed by atoms with Crippen molar-refractivity contribution in [2.45, 2.75) is 73.9 Å². The van der Waals surface area contributed by atoms with E-state index in [1.807, 2.05) is 49.4 Å². The molecule has 6 aromatic rings. The fourth-order valence-corrected chi connectivity index (χ4v) is 11.1. The van der Waals surface area contributed by atoms with Gasteiger partial charge in [-0.15, -0.1) is 34.4 Å². The predicted octanol–water partition coefficient (Wildman–Crippen LogP) is 10.2. The van der Waals surface area contributed by atoms with Crippen LogP contribution in [0.4, 0.5) is 42.6 Å². The summed E-state index contributed by atoms with van der Waals surface area (Å²) in [5.41, 5.74) is 6.01. The monoisotopic (exact) mass is 910 g/mol. The molecule has 4 amide bonds. The van der Waals surface area contributed by atoms with E-state index < -0.39 is 15.9 Å². The molecule has 2 aliphatic heterocycles. The molecule has 0 aliphatic carbocycles. The Bertz CT molecular complexity index is 2530. The summed E-state index contributed by atoms with van der Waals surface area (Å²) in [5, 5.41) is 13.4. The zero-order chi connectivity index (χ0) is 43.3. The number of anilines is 6. The molecule has 2 fully saturated rings. The standard InChI is InChI=1S/C22H25N5O3S2.C22H25N5OS2/c1-16-8-9-18(19(13-16)27-11-5-2-6-12-27)25-21(28)26-22-24-14-17(31-22)15-32(29,30)20-7-3-4-10-23-20;1-16-8-9-18(19(13-16)27-11-5-2-6-12-27)25-21(28)26-22-24-14-17(30-22)15-29-20-7-3-4-10-23-20/h3-4,7-10,13-14H,2,5-6,11-12,15H2,1H3,(H2,24,25,26,28);3-4,7-10,13-14H,2,5-6,11-12,15H2,1H3,(H2,24,25,26,28). The minimum Gasteiger partial charge on any atom is -0.370 e. The van der Waals surface area contributed by atoms with Crippen molar-refractivity contribution in [2.75, 3.05) is 57.2 Å². The summed E-state index contributed by atoms with van der Waals surface area (Å²) < 4.78 is 25.0. The quantitative estimate of drug-likeness (QED) is 0.0861. The summed E-state index contributed by atoms with van der Waals surface area (Å²) in [6.45, 7) is 8.12. The van der Waals surface area contributed by atoms with Crippen molar-refractivity contribution in [1.29, 1.82) is 0 Å². The van der Waals surface area contributed by atoms with Gasteiger partial charge in [0, 0.05) is 66.5 Å². The van der Waals surface area contributed by atoms with E-state index in [0.29, 0.717) is 15.1 Å². The fraction of sp³-hybridized carbons (Fsp3) is 0.318. The highest BCUT2D eigenvalue weighted by Gasteiger charge is 2.21. The van der Waals surface area contributed by atoms with Crippen LogP contribution in [-0.4, -0.2) is 66.6 Å². The van der Waals surface area contributed by atoms with E-state index in [-0.39, 0.29) is 16.8 Å². The van der Waals surface area contributed by atoms with Crippen LogP contribution in [0.25, 0.3) is 0 Å². The zero-order valence-corrected chi connectivity index (χ0v) is 37.9. The van der Waals surface area contributed by atoms with E-state index in [4.69, 9.17) is 0 Å². The topological polar surface area (TPSA) is 174 Å². The maximum Gasteiger partial charge on any atom is 0.325 e. The third-order valence-corrected chi connectivity index (χ3v) is 14.8. The Kier molecular flexibility index (Phi) is 15.4. The highest BCUT2D eigenvalue weighted by molar-refractivity contribution is 7.98. The van der Waals surface area contributed by atoms with Gasteiger partial charge in [-0.3, -0.25) is 10.6 Å². The summed E-state index contributed by atoms with van der Waals surface area (Å²) in [4.78, 5) is 48.2. The Morgan fingerprint density at radius 3 is 1.66 bits per heavy atom. The third kappa shape index (κ3) is 12.7. The first-order chi connectivity index (χ1) is 30.1. The van der Waals surface area contributed by atoms with Crippen molar-refractivity contribution in [2.24, 2.45) is 0 Å². The first-order valence-electron chi connectivity index (χ1n) is 20.5. The second kappa shape index (κ2) is 21.5. The van der Waals surface area contributed by atoms with Crippen molar-refractivity contribution in [1.82, 2.24) is 19.9 Å². The lowest BCUT2D eigenvalue weighted by Crippen LogP contribution is -2.31. The minimum atomic E-state index is -3.57. The molecule has 0 bridgehead atoms. The molecule has 14 nitrogen and oxygen atoms in total. The number of aryl methyl sites for hydroxylation is 2. The Morgan fingerprint density at radius 2 is 1.15 bits per heavy atom. The van der Waals surface area contributed by atoms with E-state index >= 15 is 0 Å². The molecule has 0 radical (unpaired) electrons. The van der Waals surface area contributed by atoms with Gasteiger partial charge in [0.05, 0.1) is 33.5 Å². The third-order valence-electron chi connectivity index (χ3n) is 10.0.